The van der Waals surface area contributed by atoms with Crippen LogP contribution in [0.25, 0.3) is 0 Å². The fourth-order valence-corrected chi connectivity index (χ4v) is 3.78. The van der Waals surface area contributed by atoms with Gasteiger partial charge in [0.15, 0.2) is 0 Å². The number of benzene rings is 1. The number of amides is 2. The molecule has 9 heteroatoms. The minimum absolute atomic E-state index is 0.192. The summed E-state index contributed by atoms with van der Waals surface area (Å²) in [4.78, 5) is 28.4. The molecule has 1 saturated heterocycles. The van der Waals surface area contributed by atoms with Gasteiger partial charge in [0.2, 0.25) is 5.95 Å². The summed E-state index contributed by atoms with van der Waals surface area (Å²) in [6.45, 7) is 4.04. The lowest BCUT2D eigenvalue weighted by Gasteiger charge is -2.28. The summed E-state index contributed by atoms with van der Waals surface area (Å²) in [5.74, 6) is 1.30. The second kappa shape index (κ2) is 8.83. The highest BCUT2D eigenvalue weighted by Gasteiger charge is 2.25. The van der Waals surface area contributed by atoms with Gasteiger partial charge in [-0.15, -0.1) is 0 Å². The van der Waals surface area contributed by atoms with E-state index in [9.17, 15) is 9.18 Å². The quantitative estimate of drug-likeness (QED) is 0.830. The first-order valence-electron chi connectivity index (χ1n) is 10.2. The Kier molecular flexibility index (Phi) is 5.98. The number of morpholine rings is 1. The monoisotopic (exact) mass is 414 g/mol. The fraction of sp³-hybridized carbons (Fsp3) is 0.476. The maximum atomic E-state index is 13.1. The van der Waals surface area contributed by atoms with E-state index < -0.39 is 0 Å². The molecule has 1 aromatic carbocycles. The van der Waals surface area contributed by atoms with E-state index in [-0.39, 0.29) is 11.8 Å². The molecule has 0 spiro atoms. The zero-order valence-electron chi connectivity index (χ0n) is 17.4. The topological polar surface area (TPSA) is 73.8 Å². The smallest absolute Gasteiger partial charge is 0.321 e. The SMILES string of the molecule is CN(C)c1nc(N2CCOCC2)nc2c1CCN(C(=O)Nc1ccc(F)cc1)CC2. The Morgan fingerprint density at radius 3 is 2.47 bits per heavy atom. The van der Waals surface area contributed by atoms with Crippen molar-refractivity contribution in [2.45, 2.75) is 12.8 Å². The lowest BCUT2D eigenvalue weighted by atomic mass is 10.1. The normalized spacial score (nSPS) is 16.6. The first-order chi connectivity index (χ1) is 14.5. The van der Waals surface area contributed by atoms with Gasteiger partial charge in [0, 0.05) is 57.9 Å². The van der Waals surface area contributed by atoms with Crippen LogP contribution in [-0.2, 0) is 17.6 Å². The number of rotatable bonds is 3. The zero-order chi connectivity index (χ0) is 21.1. The van der Waals surface area contributed by atoms with Gasteiger partial charge in [-0.25, -0.2) is 14.2 Å². The molecule has 1 aromatic heterocycles. The number of hydrogen-bond donors (Lipinski definition) is 1. The molecule has 0 atom stereocenters. The van der Waals surface area contributed by atoms with Gasteiger partial charge in [-0.3, -0.25) is 0 Å². The Balaban J connectivity index is 1.52. The van der Waals surface area contributed by atoms with Crippen LogP contribution in [0.3, 0.4) is 0 Å². The molecule has 8 nitrogen and oxygen atoms in total. The van der Waals surface area contributed by atoms with E-state index in [1.807, 2.05) is 19.0 Å². The molecule has 2 aromatic rings. The lowest BCUT2D eigenvalue weighted by Crippen LogP contribution is -2.38. The molecule has 0 unspecified atom stereocenters. The average molecular weight is 414 g/mol. The highest BCUT2D eigenvalue weighted by molar-refractivity contribution is 5.89. The van der Waals surface area contributed by atoms with Gasteiger partial charge in [0.05, 0.1) is 18.9 Å². The van der Waals surface area contributed by atoms with E-state index in [1.54, 1.807) is 17.0 Å². The van der Waals surface area contributed by atoms with Crippen LogP contribution in [0.15, 0.2) is 24.3 Å². The van der Waals surface area contributed by atoms with Crippen LogP contribution in [0, 0.1) is 5.82 Å². The van der Waals surface area contributed by atoms with E-state index >= 15 is 0 Å². The highest BCUT2D eigenvalue weighted by Crippen LogP contribution is 2.27. The third kappa shape index (κ3) is 4.46. The average Bonchev–Trinajstić information content (AvgIpc) is 2.98. The first kappa shape index (κ1) is 20.3. The molecule has 2 aliphatic heterocycles. The minimum Gasteiger partial charge on any atom is -0.378 e. The van der Waals surface area contributed by atoms with Crippen LogP contribution < -0.4 is 15.1 Å². The number of nitrogens with zero attached hydrogens (tertiary/aromatic N) is 5. The Labute approximate surface area is 175 Å². The highest BCUT2D eigenvalue weighted by atomic mass is 19.1. The van der Waals surface area contributed by atoms with Crippen LogP contribution in [0.5, 0.6) is 0 Å². The molecule has 2 amide bonds. The number of carbonyl (C=O) groups is 1. The van der Waals surface area contributed by atoms with Crippen molar-refractivity contribution >= 4 is 23.5 Å². The molecule has 4 rings (SSSR count). The van der Waals surface area contributed by atoms with Crippen molar-refractivity contribution in [2.24, 2.45) is 0 Å². The van der Waals surface area contributed by atoms with Crippen LogP contribution in [0.1, 0.15) is 11.3 Å². The molecule has 0 saturated carbocycles. The van der Waals surface area contributed by atoms with Gasteiger partial charge in [-0.2, -0.15) is 4.98 Å². The maximum Gasteiger partial charge on any atom is 0.321 e. The maximum absolute atomic E-state index is 13.1. The molecular formula is C21H27FN6O2. The third-order valence-electron chi connectivity index (χ3n) is 5.41. The molecule has 1 N–H and O–H groups in total. The lowest BCUT2D eigenvalue weighted by molar-refractivity contribution is 0.122. The van der Waals surface area contributed by atoms with E-state index in [1.165, 1.54) is 12.1 Å². The van der Waals surface area contributed by atoms with Crippen molar-refractivity contribution in [3.05, 3.63) is 41.3 Å². The summed E-state index contributed by atoms with van der Waals surface area (Å²) in [6, 6.07) is 5.59. The second-order valence-corrected chi connectivity index (χ2v) is 7.69. The summed E-state index contributed by atoms with van der Waals surface area (Å²) < 4.78 is 18.6. The largest absolute Gasteiger partial charge is 0.378 e. The number of carbonyl (C=O) groups excluding carboxylic acids is 1. The summed E-state index contributed by atoms with van der Waals surface area (Å²) in [7, 11) is 3.96. The van der Waals surface area contributed by atoms with Crippen LogP contribution in [0.4, 0.5) is 26.6 Å². The van der Waals surface area contributed by atoms with E-state index in [2.05, 4.69) is 10.2 Å². The Hall–Kier alpha value is -2.94. The van der Waals surface area contributed by atoms with E-state index in [0.717, 1.165) is 36.1 Å². The van der Waals surface area contributed by atoms with Crippen molar-refractivity contribution in [1.29, 1.82) is 0 Å². The Bertz CT molecular complexity index is 899. The van der Waals surface area contributed by atoms with Crippen molar-refractivity contribution in [3.8, 4) is 0 Å². The van der Waals surface area contributed by atoms with Crippen LogP contribution in [-0.4, -0.2) is 74.4 Å². The van der Waals surface area contributed by atoms with Crippen molar-refractivity contribution in [2.75, 3.05) is 68.6 Å². The minimum atomic E-state index is -0.330. The Morgan fingerprint density at radius 2 is 1.77 bits per heavy atom. The molecule has 30 heavy (non-hydrogen) atoms. The van der Waals surface area contributed by atoms with Crippen molar-refractivity contribution in [1.82, 2.24) is 14.9 Å². The van der Waals surface area contributed by atoms with E-state index in [0.29, 0.717) is 44.8 Å². The second-order valence-electron chi connectivity index (χ2n) is 7.69. The molecule has 2 aliphatic rings. The predicted molar refractivity (Wildman–Crippen MR) is 114 cm³/mol. The van der Waals surface area contributed by atoms with Gasteiger partial charge < -0.3 is 24.8 Å². The number of anilines is 3. The Morgan fingerprint density at radius 1 is 1.07 bits per heavy atom. The summed E-state index contributed by atoms with van der Waals surface area (Å²) in [5.41, 5.74) is 2.66. The van der Waals surface area contributed by atoms with Crippen LogP contribution >= 0.6 is 0 Å². The van der Waals surface area contributed by atoms with Gasteiger partial charge in [0.1, 0.15) is 11.6 Å². The van der Waals surface area contributed by atoms with Crippen molar-refractivity contribution in [3.63, 3.8) is 0 Å². The van der Waals surface area contributed by atoms with Crippen LogP contribution in [0.2, 0.25) is 0 Å². The zero-order valence-corrected chi connectivity index (χ0v) is 17.4. The number of fused-ring (bicyclic) bond motifs is 1. The van der Waals surface area contributed by atoms with Gasteiger partial charge in [-0.1, -0.05) is 0 Å². The fourth-order valence-electron chi connectivity index (χ4n) is 3.78. The number of nitrogens with one attached hydrogen (secondary N) is 1. The molecule has 0 radical (unpaired) electrons. The number of hydrogen-bond acceptors (Lipinski definition) is 6. The number of halogens is 1. The first-order valence-corrected chi connectivity index (χ1v) is 10.2. The summed E-state index contributed by atoms with van der Waals surface area (Å²) in [5, 5.41) is 2.85. The molecule has 160 valence electrons. The standard InChI is InChI=1S/C21H27FN6O2/c1-26(2)19-17-7-9-28(21(29)23-16-5-3-15(22)4-6-16)10-8-18(17)24-20(25-19)27-11-13-30-14-12-27/h3-6H,7-14H2,1-2H3,(H,23,29). The van der Waals surface area contributed by atoms with Gasteiger partial charge >= 0.3 is 6.03 Å². The summed E-state index contributed by atoms with van der Waals surface area (Å²) >= 11 is 0. The number of urea groups is 1. The van der Waals surface area contributed by atoms with Gasteiger partial charge in [-0.05, 0) is 30.7 Å². The molecule has 0 aliphatic carbocycles. The summed E-state index contributed by atoms with van der Waals surface area (Å²) in [6.07, 6.45) is 1.34. The third-order valence-corrected chi connectivity index (χ3v) is 5.41. The molecule has 3 heterocycles. The predicted octanol–water partition coefficient (Wildman–Crippen LogP) is 2.15. The molecular weight excluding hydrogens is 387 g/mol. The van der Waals surface area contributed by atoms with E-state index in [4.69, 9.17) is 14.7 Å². The van der Waals surface area contributed by atoms with Crippen molar-refractivity contribution < 1.29 is 13.9 Å². The molecule has 0 bridgehead atoms. The van der Waals surface area contributed by atoms with Gasteiger partial charge in [0.25, 0.3) is 0 Å². The number of ether oxygens (including phenoxy) is 1. The molecule has 1 fully saturated rings. The number of aromatic nitrogens is 2.